The number of nitrogens with two attached hydrogens (primary N) is 1. The van der Waals surface area contributed by atoms with Crippen molar-refractivity contribution in [1.29, 1.82) is 0 Å². The Kier molecular flexibility index (Phi) is 7.51. The zero-order valence-electron chi connectivity index (χ0n) is 11.2. The second kappa shape index (κ2) is 8.64. The first-order valence-corrected chi connectivity index (χ1v) is 7.20. The molecule has 102 valence electrons. The van der Waals surface area contributed by atoms with Gasteiger partial charge in [0.15, 0.2) is 0 Å². The molecule has 0 amide bonds. The van der Waals surface area contributed by atoms with Gasteiger partial charge in [-0.1, -0.05) is 28.1 Å². The van der Waals surface area contributed by atoms with Crippen LogP contribution in [-0.4, -0.2) is 38.3 Å². The summed E-state index contributed by atoms with van der Waals surface area (Å²) in [7, 11) is 2.10. The van der Waals surface area contributed by atoms with E-state index in [0.29, 0.717) is 0 Å². The van der Waals surface area contributed by atoms with Crippen LogP contribution in [0.5, 0.6) is 0 Å². The number of halogens is 1. The van der Waals surface area contributed by atoms with Gasteiger partial charge in [-0.15, -0.1) is 0 Å². The first-order chi connectivity index (χ1) is 8.63. The van der Waals surface area contributed by atoms with Gasteiger partial charge in [0.1, 0.15) is 0 Å². The van der Waals surface area contributed by atoms with Crippen molar-refractivity contribution in [2.24, 2.45) is 5.73 Å². The van der Waals surface area contributed by atoms with E-state index in [1.807, 2.05) is 19.1 Å². The second-order valence-corrected chi connectivity index (χ2v) is 5.36. The molecule has 1 atom stereocenters. The Morgan fingerprint density at radius 1 is 1.28 bits per heavy atom. The van der Waals surface area contributed by atoms with Crippen molar-refractivity contribution >= 4 is 15.9 Å². The Bertz CT molecular complexity index is 329. The predicted octanol–water partition coefficient (Wildman–Crippen LogP) is 2.81. The summed E-state index contributed by atoms with van der Waals surface area (Å²) in [6, 6.07) is 8.33. The van der Waals surface area contributed by atoms with E-state index < -0.39 is 0 Å². The van der Waals surface area contributed by atoms with Gasteiger partial charge >= 0.3 is 0 Å². The van der Waals surface area contributed by atoms with Crippen LogP contribution in [0.2, 0.25) is 0 Å². The Balaban J connectivity index is 2.27. The summed E-state index contributed by atoms with van der Waals surface area (Å²) in [6.07, 6.45) is 0.963. The standard InChI is InChI=1S/C14H23BrN2O/c1-3-18-11-10-17(2)9-8-14(16)12-4-6-13(15)7-5-12/h4-7,14H,3,8-11,16H2,1-2H3. The van der Waals surface area contributed by atoms with Crippen molar-refractivity contribution < 1.29 is 4.74 Å². The van der Waals surface area contributed by atoms with E-state index in [0.717, 1.165) is 37.2 Å². The lowest BCUT2D eigenvalue weighted by atomic mass is 10.0. The molecule has 0 radical (unpaired) electrons. The van der Waals surface area contributed by atoms with Crippen LogP contribution in [0, 0.1) is 0 Å². The lowest BCUT2D eigenvalue weighted by Gasteiger charge is -2.19. The highest BCUT2D eigenvalue weighted by atomic mass is 79.9. The summed E-state index contributed by atoms with van der Waals surface area (Å²) in [4.78, 5) is 2.26. The number of hydrogen-bond donors (Lipinski definition) is 1. The van der Waals surface area contributed by atoms with Gasteiger partial charge in [-0.25, -0.2) is 0 Å². The molecule has 0 aliphatic carbocycles. The Morgan fingerprint density at radius 3 is 2.56 bits per heavy atom. The molecule has 1 aromatic carbocycles. The molecule has 0 saturated carbocycles. The molecular formula is C14H23BrN2O. The van der Waals surface area contributed by atoms with Crippen LogP contribution in [0.4, 0.5) is 0 Å². The van der Waals surface area contributed by atoms with Crippen LogP contribution in [0.25, 0.3) is 0 Å². The average Bonchev–Trinajstić information content (AvgIpc) is 2.37. The van der Waals surface area contributed by atoms with E-state index in [-0.39, 0.29) is 6.04 Å². The normalized spacial score (nSPS) is 12.9. The number of likely N-dealkylation sites (N-methyl/N-ethyl adjacent to an activating group) is 1. The van der Waals surface area contributed by atoms with Crippen molar-refractivity contribution in [2.75, 3.05) is 33.4 Å². The van der Waals surface area contributed by atoms with Gasteiger partial charge in [0, 0.05) is 23.7 Å². The molecular weight excluding hydrogens is 292 g/mol. The van der Waals surface area contributed by atoms with Crippen molar-refractivity contribution in [1.82, 2.24) is 4.90 Å². The molecule has 18 heavy (non-hydrogen) atoms. The number of hydrogen-bond acceptors (Lipinski definition) is 3. The molecule has 0 fully saturated rings. The van der Waals surface area contributed by atoms with Gasteiger partial charge < -0.3 is 15.4 Å². The molecule has 1 unspecified atom stereocenters. The largest absolute Gasteiger partial charge is 0.380 e. The molecule has 0 heterocycles. The highest BCUT2D eigenvalue weighted by Crippen LogP contribution is 2.17. The lowest BCUT2D eigenvalue weighted by molar-refractivity contribution is 0.121. The topological polar surface area (TPSA) is 38.5 Å². The molecule has 2 N–H and O–H groups in total. The van der Waals surface area contributed by atoms with Gasteiger partial charge in [-0.2, -0.15) is 0 Å². The van der Waals surface area contributed by atoms with E-state index in [1.165, 1.54) is 5.56 Å². The van der Waals surface area contributed by atoms with Crippen molar-refractivity contribution in [3.05, 3.63) is 34.3 Å². The number of nitrogens with zero attached hydrogens (tertiary/aromatic N) is 1. The Labute approximate surface area is 118 Å². The van der Waals surface area contributed by atoms with Crippen LogP contribution in [0.3, 0.4) is 0 Å². The Hall–Kier alpha value is -0.420. The molecule has 4 heteroatoms. The third-order valence-corrected chi connectivity index (χ3v) is 3.47. The SMILES string of the molecule is CCOCCN(C)CCC(N)c1ccc(Br)cc1. The van der Waals surface area contributed by atoms with Crippen LogP contribution < -0.4 is 5.73 Å². The molecule has 0 saturated heterocycles. The lowest BCUT2D eigenvalue weighted by Crippen LogP contribution is -2.27. The smallest absolute Gasteiger partial charge is 0.0593 e. The predicted molar refractivity (Wildman–Crippen MR) is 79.7 cm³/mol. The van der Waals surface area contributed by atoms with Gasteiger partial charge in [-0.05, 0) is 44.6 Å². The summed E-state index contributed by atoms with van der Waals surface area (Å²) < 4.78 is 6.42. The highest BCUT2D eigenvalue weighted by molar-refractivity contribution is 9.10. The van der Waals surface area contributed by atoms with Crippen LogP contribution in [0.1, 0.15) is 24.9 Å². The monoisotopic (exact) mass is 314 g/mol. The summed E-state index contributed by atoms with van der Waals surface area (Å²) in [5.74, 6) is 0. The zero-order chi connectivity index (χ0) is 13.4. The minimum Gasteiger partial charge on any atom is -0.380 e. The van der Waals surface area contributed by atoms with E-state index >= 15 is 0 Å². The van der Waals surface area contributed by atoms with Crippen molar-refractivity contribution in [3.63, 3.8) is 0 Å². The second-order valence-electron chi connectivity index (χ2n) is 4.45. The number of rotatable bonds is 8. The molecule has 1 rings (SSSR count). The fourth-order valence-electron chi connectivity index (χ4n) is 1.71. The quantitative estimate of drug-likeness (QED) is 0.750. The van der Waals surface area contributed by atoms with Crippen LogP contribution >= 0.6 is 15.9 Å². The molecule has 0 spiro atoms. The maximum atomic E-state index is 6.17. The summed E-state index contributed by atoms with van der Waals surface area (Å²) >= 11 is 3.43. The van der Waals surface area contributed by atoms with E-state index in [2.05, 4.69) is 40.0 Å². The molecule has 0 aliphatic rings. The average molecular weight is 315 g/mol. The van der Waals surface area contributed by atoms with E-state index in [4.69, 9.17) is 10.5 Å². The summed E-state index contributed by atoms with van der Waals surface area (Å²) in [6.45, 7) is 5.54. The fraction of sp³-hybridized carbons (Fsp3) is 0.571. The molecule has 0 aliphatic heterocycles. The maximum absolute atomic E-state index is 6.17. The first-order valence-electron chi connectivity index (χ1n) is 6.40. The number of ether oxygens (including phenoxy) is 1. The third-order valence-electron chi connectivity index (χ3n) is 2.94. The van der Waals surface area contributed by atoms with Crippen molar-refractivity contribution in [3.8, 4) is 0 Å². The van der Waals surface area contributed by atoms with E-state index in [9.17, 15) is 0 Å². The fourth-order valence-corrected chi connectivity index (χ4v) is 1.98. The summed E-state index contributed by atoms with van der Waals surface area (Å²) in [5.41, 5.74) is 7.37. The molecule has 0 aromatic heterocycles. The highest BCUT2D eigenvalue weighted by Gasteiger charge is 2.07. The summed E-state index contributed by atoms with van der Waals surface area (Å²) in [5, 5.41) is 0. The minimum absolute atomic E-state index is 0.104. The third kappa shape index (κ3) is 5.96. The Morgan fingerprint density at radius 2 is 1.94 bits per heavy atom. The van der Waals surface area contributed by atoms with Crippen LogP contribution in [-0.2, 0) is 4.74 Å². The van der Waals surface area contributed by atoms with Crippen molar-refractivity contribution in [2.45, 2.75) is 19.4 Å². The zero-order valence-corrected chi connectivity index (χ0v) is 12.8. The maximum Gasteiger partial charge on any atom is 0.0593 e. The molecule has 3 nitrogen and oxygen atoms in total. The van der Waals surface area contributed by atoms with E-state index in [1.54, 1.807) is 0 Å². The molecule has 1 aromatic rings. The minimum atomic E-state index is 0.104. The van der Waals surface area contributed by atoms with Crippen LogP contribution in [0.15, 0.2) is 28.7 Å². The van der Waals surface area contributed by atoms with Gasteiger partial charge in [0.05, 0.1) is 6.61 Å². The number of benzene rings is 1. The van der Waals surface area contributed by atoms with Gasteiger partial charge in [0.2, 0.25) is 0 Å². The molecule has 0 bridgehead atoms. The van der Waals surface area contributed by atoms with Gasteiger partial charge in [-0.3, -0.25) is 0 Å². The first kappa shape index (κ1) is 15.6. The van der Waals surface area contributed by atoms with Gasteiger partial charge in [0.25, 0.3) is 0 Å².